The van der Waals surface area contributed by atoms with E-state index in [4.69, 9.17) is 4.74 Å². The minimum atomic E-state index is -1.32. The van der Waals surface area contributed by atoms with Gasteiger partial charge in [-0.05, 0) is 11.1 Å². The minimum Gasteiger partial charge on any atom is -0.489 e. The largest absolute Gasteiger partial charge is 0.489 e. The summed E-state index contributed by atoms with van der Waals surface area (Å²) in [7, 11) is 4.58. The van der Waals surface area contributed by atoms with E-state index in [1.165, 1.54) is 11.7 Å². The molecule has 7 heteroatoms. The summed E-state index contributed by atoms with van der Waals surface area (Å²) in [6.45, 7) is 0. The highest BCUT2D eigenvalue weighted by atomic mass is 16.5. The fraction of sp³-hybridized carbons (Fsp3) is 0.190. The molecule has 0 aliphatic heterocycles. The number of rotatable bonds is 6. The Labute approximate surface area is 162 Å². The number of aromatic nitrogens is 2. The van der Waals surface area contributed by atoms with Gasteiger partial charge in [0, 0.05) is 14.1 Å². The van der Waals surface area contributed by atoms with Crippen LogP contribution in [0.1, 0.15) is 27.7 Å². The van der Waals surface area contributed by atoms with Gasteiger partial charge in [0.2, 0.25) is 11.7 Å². The molecule has 1 N–H and O–H groups in total. The second kappa shape index (κ2) is 7.96. The molecule has 1 heterocycles. The van der Waals surface area contributed by atoms with Crippen molar-refractivity contribution < 1.29 is 14.6 Å². The molecule has 0 unspecified atom stereocenters. The number of carboxylic acid groups (broad SMARTS) is 1. The Morgan fingerprint density at radius 2 is 1.57 bits per heavy atom. The number of aromatic carboxylic acids is 1. The maximum atomic E-state index is 12.7. The van der Waals surface area contributed by atoms with Gasteiger partial charge in [0.25, 0.3) is 5.56 Å². The smallest absolute Gasteiger partial charge is 0.358 e. The quantitative estimate of drug-likeness (QED) is 0.709. The molecule has 0 saturated carbocycles. The molecule has 0 spiro atoms. The van der Waals surface area contributed by atoms with Crippen molar-refractivity contribution in [2.45, 2.75) is 6.04 Å². The lowest BCUT2D eigenvalue weighted by Gasteiger charge is -2.31. The van der Waals surface area contributed by atoms with Crippen LogP contribution in [-0.4, -0.2) is 34.8 Å². The molecule has 28 heavy (non-hydrogen) atoms. The summed E-state index contributed by atoms with van der Waals surface area (Å²) < 4.78 is 6.28. The standard InChI is InChI=1S/C21H21N3O4/c1-23(21-22-16(20(26)27)18(28-3)19(25)24(21)2)17(14-10-6-4-7-11-14)15-12-8-5-9-13-15/h4-13,17H,1-3H3,(H,26,27). The van der Waals surface area contributed by atoms with Gasteiger partial charge in [0.05, 0.1) is 13.2 Å². The van der Waals surface area contributed by atoms with Crippen LogP contribution in [0.5, 0.6) is 5.75 Å². The SMILES string of the molecule is COc1c(C(=O)O)nc(N(C)C(c2ccccc2)c2ccccc2)n(C)c1=O. The molecule has 0 aliphatic rings. The number of methoxy groups -OCH3 is 1. The van der Waals surface area contributed by atoms with Gasteiger partial charge in [-0.3, -0.25) is 9.36 Å². The number of benzene rings is 2. The average Bonchev–Trinajstić information content (AvgIpc) is 2.71. The third-order valence-electron chi connectivity index (χ3n) is 4.57. The predicted octanol–water partition coefficient (Wildman–Crippen LogP) is 2.71. The molecule has 0 aliphatic carbocycles. The fourth-order valence-corrected chi connectivity index (χ4v) is 3.24. The summed E-state index contributed by atoms with van der Waals surface area (Å²) in [4.78, 5) is 30.3. The average molecular weight is 379 g/mol. The Kier molecular flexibility index (Phi) is 5.44. The van der Waals surface area contributed by atoms with Crippen molar-refractivity contribution in [1.29, 1.82) is 0 Å². The zero-order valence-corrected chi connectivity index (χ0v) is 15.9. The number of hydrogen-bond donors (Lipinski definition) is 1. The third-order valence-corrected chi connectivity index (χ3v) is 4.57. The summed E-state index contributed by atoms with van der Waals surface area (Å²) in [6, 6.07) is 19.2. The molecule has 144 valence electrons. The second-order valence-electron chi connectivity index (χ2n) is 6.30. The van der Waals surface area contributed by atoms with Crippen LogP contribution >= 0.6 is 0 Å². The number of hydrogen-bond acceptors (Lipinski definition) is 5. The molecular formula is C21H21N3O4. The van der Waals surface area contributed by atoms with Crippen molar-refractivity contribution in [3.05, 3.63) is 87.8 Å². The van der Waals surface area contributed by atoms with Gasteiger partial charge in [-0.15, -0.1) is 0 Å². The van der Waals surface area contributed by atoms with Crippen LogP contribution in [0.25, 0.3) is 0 Å². The fourth-order valence-electron chi connectivity index (χ4n) is 3.24. The first-order chi connectivity index (χ1) is 13.5. The molecular weight excluding hydrogens is 358 g/mol. The molecule has 3 rings (SSSR count). The van der Waals surface area contributed by atoms with E-state index in [-0.39, 0.29) is 17.7 Å². The molecule has 0 atom stereocenters. The summed E-state index contributed by atoms with van der Waals surface area (Å²) in [5.74, 6) is -1.38. The van der Waals surface area contributed by atoms with Crippen LogP contribution in [0.4, 0.5) is 5.95 Å². The van der Waals surface area contributed by atoms with Crippen molar-refractivity contribution >= 4 is 11.9 Å². The maximum absolute atomic E-state index is 12.7. The zero-order valence-electron chi connectivity index (χ0n) is 15.9. The van der Waals surface area contributed by atoms with Crippen LogP contribution in [0, 0.1) is 0 Å². The number of carbonyl (C=O) groups is 1. The van der Waals surface area contributed by atoms with E-state index in [2.05, 4.69) is 4.98 Å². The van der Waals surface area contributed by atoms with E-state index >= 15 is 0 Å². The predicted molar refractivity (Wildman–Crippen MR) is 106 cm³/mol. The topological polar surface area (TPSA) is 84.7 Å². The lowest BCUT2D eigenvalue weighted by Crippen LogP contribution is -2.34. The van der Waals surface area contributed by atoms with Crippen LogP contribution in [-0.2, 0) is 7.05 Å². The number of ether oxygens (including phenoxy) is 1. The van der Waals surface area contributed by atoms with Gasteiger partial charge in [0.15, 0.2) is 5.69 Å². The van der Waals surface area contributed by atoms with E-state index in [1.54, 1.807) is 19.0 Å². The van der Waals surface area contributed by atoms with E-state index in [9.17, 15) is 14.7 Å². The lowest BCUT2D eigenvalue weighted by molar-refractivity contribution is 0.0685. The third kappa shape index (κ3) is 3.46. The number of anilines is 1. The zero-order chi connectivity index (χ0) is 20.3. The van der Waals surface area contributed by atoms with Crippen LogP contribution < -0.4 is 15.2 Å². The molecule has 0 radical (unpaired) electrons. The lowest BCUT2D eigenvalue weighted by atomic mass is 9.98. The molecule has 1 aromatic heterocycles. The number of carboxylic acids is 1. The van der Waals surface area contributed by atoms with Crippen molar-refractivity contribution in [3.63, 3.8) is 0 Å². The Morgan fingerprint density at radius 1 is 1.07 bits per heavy atom. The molecule has 7 nitrogen and oxygen atoms in total. The van der Waals surface area contributed by atoms with Gasteiger partial charge in [-0.1, -0.05) is 60.7 Å². The Morgan fingerprint density at radius 3 is 2.00 bits per heavy atom. The van der Waals surface area contributed by atoms with Gasteiger partial charge >= 0.3 is 5.97 Å². The van der Waals surface area contributed by atoms with Gasteiger partial charge in [-0.25, -0.2) is 9.78 Å². The summed E-state index contributed by atoms with van der Waals surface area (Å²) in [5.41, 5.74) is 1.00. The molecule has 2 aromatic carbocycles. The minimum absolute atomic E-state index is 0.223. The Bertz CT molecular complexity index is 993. The molecule has 0 saturated heterocycles. The second-order valence-corrected chi connectivity index (χ2v) is 6.30. The van der Waals surface area contributed by atoms with Gasteiger partial charge in [0.1, 0.15) is 0 Å². The van der Waals surface area contributed by atoms with Crippen molar-refractivity contribution in [3.8, 4) is 5.75 Å². The highest BCUT2D eigenvalue weighted by Crippen LogP contribution is 2.31. The first kappa shape index (κ1) is 19.2. The van der Waals surface area contributed by atoms with Crippen LogP contribution in [0.15, 0.2) is 65.5 Å². The highest BCUT2D eigenvalue weighted by Gasteiger charge is 2.27. The number of nitrogens with zero attached hydrogens (tertiary/aromatic N) is 3. The molecule has 0 bridgehead atoms. The summed E-state index contributed by atoms with van der Waals surface area (Å²) in [6.07, 6.45) is 0. The van der Waals surface area contributed by atoms with E-state index in [0.717, 1.165) is 11.1 Å². The van der Waals surface area contributed by atoms with Crippen molar-refractivity contribution in [1.82, 2.24) is 9.55 Å². The first-order valence-corrected chi connectivity index (χ1v) is 8.66. The van der Waals surface area contributed by atoms with Crippen molar-refractivity contribution in [2.24, 2.45) is 7.05 Å². The van der Waals surface area contributed by atoms with E-state index in [0.29, 0.717) is 0 Å². The van der Waals surface area contributed by atoms with Gasteiger partial charge in [-0.2, -0.15) is 0 Å². The molecule has 0 amide bonds. The Balaban J connectivity index is 2.21. The van der Waals surface area contributed by atoms with Gasteiger partial charge < -0.3 is 14.7 Å². The Hall–Kier alpha value is -3.61. The summed E-state index contributed by atoms with van der Waals surface area (Å²) >= 11 is 0. The summed E-state index contributed by atoms with van der Waals surface area (Å²) in [5, 5.41) is 9.48. The highest BCUT2D eigenvalue weighted by molar-refractivity contribution is 5.88. The molecule has 0 fully saturated rings. The van der Waals surface area contributed by atoms with Crippen LogP contribution in [0.2, 0.25) is 0 Å². The normalized spacial score (nSPS) is 10.7. The monoisotopic (exact) mass is 379 g/mol. The van der Waals surface area contributed by atoms with Crippen molar-refractivity contribution in [2.75, 3.05) is 19.1 Å². The maximum Gasteiger partial charge on any atom is 0.358 e. The first-order valence-electron chi connectivity index (χ1n) is 8.66. The van der Waals surface area contributed by atoms with Crippen LogP contribution in [0.3, 0.4) is 0 Å². The van der Waals surface area contributed by atoms with E-state index < -0.39 is 17.2 Å². The van der Waals surface area contributed by atoms with E-state index in [1.807, 2.05) is 60.7 Å². The molecule has 3 aromatic rings.